The van der Waals surface area contributed by atoms with Crippen molar-refractivity contribution in [2.75, 3.05) is 11.9 Å². The third kappa shape index (κ3) is 3.29. The number of aromatic carboxylic acids is 1. The number of hydrogen-bond donors (Lipinski definition) is 2. The molecular weight excluding hydrogens is 364 g/mol. The van der Waals surface area contributed by atoms with Gasteiger partial charge in [0.05, 0.1) is 22.4 Å². The fourth-order valence-corrected chi connectivity index (χ4v) is 3.93. The van der Waals surface area contributed by atoms with Crippen LogP contribution < -0.4 is 10.0 Å². The molecule has 130 valence electrons. The summed E-state index contributed by atoms with van der Waals surface area (Å²) in [4.78, 5) is 12.8. The molecule has 0 unspecified atom stereocenters. The first-order valence-electron chi connectivity index (χ1n) is 7.03. The first-order valence-corrected chi connectivity index (χ1v) is 9.52. The number of anilines is 2. The van der Waals surface area contributed by atoms with Gasteiger partial charge in [-0.2, -0.15) is 11.3 Å². The van der Waals surface area contributed by atoms with Crippen LogP contribution in [-0.4, -0.2) is 26.5 Å². The molecule has 0 fully saturated rings. The molecule has 0 atom stereocenters. The minimum atomic E-state index is -4.16. The lowest BCUT2D eigenvalue weighted by atomic mass is 10.0. The second kappa shape index (κ2) is 6.36. The van der Waals surface area contributed by atoms with Gasteiger partial charge in [0.1, 0.15) is 0 Å². The summed E-state index contributed by atoms with van der Waals surface area (Å²) in [6, 6.07) is 7.57. The maximum absolute atomic E-state index is 12.1. The maximum Gasteiger partial charge on any atom is 0.335 e. The third-order valence-electron chi connectivity index (χ3n) is 3.64. The molecule has 2 heterocycles. The monoisotopic (exact) mass is 378 g/mol. The fraction of sp³-hybridized carbons (Fsp3) is 0.0625. The largest absolute Gasteiger partial charge is 0.478 e. The highest BCUT2D eigenvalue weighted by molar-refractivity contribution is 7.89. The number of nitrogens with zero attached hydrogens (tertiary/aromatic N) is 1. The second-order valence-electron chi connectivity index (χ2n) is 5.24. The fourth-order valence-electron chi connectivity index (χ4n) is 2.49. The van der Waals surface area contributed by atoms with E-state index in [-0.39, 0.29) is 10.5 Å². The first-order chi connectivity index (χ1) is 11.8. The number of carbonyl (C=O) groups is 1. The Labute approximate surface area is 148 Å². The zero-order valence-electron chi connectivity index (χ0n) is 13.0. The molecule has 9 heteroatoms. The summed E-state index contributed by atoms with van der Waals surface area (Å²) in [6.07, 6.45) is 1.47. The van der Waals surface area contributed by atoms with Crippen molar-refractivity contribution in [3.8, 4) is 11.1 Å². The summed E-state index contributed by atoms with van der Waals surface area (Å²) in [7, 11) is -2.50. The van der Waals surface area contributed by atoms with E-state index in [2.05, 4.69) is 0 Å². The van der Waals surface area contributed by atoms with Crippen LogP contribution in [0.1, 0.15) is 10.4 Å². The molecule has 0 bridgehead atoms. The van der Waals surface area contributed by atoms with E-state index < -0.39 is 16.0 Å². The van der Waals surface area contributed by atoms with Crippen LogP contribution in [-0.2, 0) is 10.0 Å². The molecule has 0 saturated carbocycles. The first kappa shape index (κ1) is 17.2. The average molecular weight is 378 g/mol. The van der Waals surface area contributed by atoms with E-state index in [1.807, 2.05) is 0 Å². The molecule has 3 aromatic rings. The van der Waals surface area contributed by atoms with E-state index >= 15 is 0 Å². The van der Waals surface area contributed by atoms with Gasteiger partial charge in [-0.3, -0.25) is 0 Å². The van der Waals surface area contributed by atoms with Gasteiger partial charge in [-0.25, -0.2) is 18.4 Å². The molecule has 2 aromatic heterocycles. The average Bonchev–Trinajstić information content (AvgIpc) is 3.25. The number of primary sulfonamides is 1. The van der Waals surface area contributed by atoms with E-state index in [4.69, 9.17) is 9.56 Å². The maximum atomic E-state index is 12.1. The lowest BCUT2D eigenvalue weighted by molar-refractivity contribution is 0.0696. The van der Waals surface area contributed by atoms with Crippen molar-refractivity contribution >= 4 is 38.9 Å². The van der Waals surface area contributed by atoms with E-state index in [0.29, 0.717) is 22.7 Å². The molecule has 3 N–H and O–H groups in total. The number of nitrogens with two attached hydrogens (primary N) is 1. The molecule has 7 nitrogen and oxygen atoms in total. The Morgan fingerprint density at radius 1 is 1.32 bits per heavy atom. The lowest BCUT2D eigenvalue weighted by Gasteiger charge is -2.22. The van der Waals surface area contributed by atoms with Crippen LogP contribution in [0.5, 0.6) is 0 Å². The van der Waals surface area contributed by atoms with Crippen LogP contribution >= 0.6 is 11.3 Å². The normalized spacial score (nSPS) is 11.4. The van der Waals surface area contributed by atoms with Gasteiger partial charge in [-0.15, -0.1) is 0 Å². The molecule has 0 amide bonds. The summed E-state index contributed by atoms with van der Waals surface area (Å²) in [5.74, 6) is -0.824. The number of rotatable bonds is 5. The molecule has 0 radical (unpaired) electrons. The minimum absolute atomic E-state index is 0.184. The van der Waals surface area contributed by atoms with Crippen LogP contribution in [0.15, 0.2) is 56.7 Å². The minimum Gasteiger partial charge on any atom is -0.478 e. The standard InChI is InChI=1S/C16H14N2O5S2/c1-18(14-3-2-5-23-14)12-7-11(16(19)20)8-13(25(17,21)22)15(12)10-4-6-24-9-10/h2-9H,1H3,(H,19,20)(H2,17,21,22). The number of carboxylic acid groups (broad SMARTS) is 1. The van der Waals surface area contributed by atoms with Crippen molar-refractivity contribution in [1.29, 1.82) is 0 Å². The summed E-state index contributed by atoms with van der Waals surface area (Å²) in [5.41, 5.74) is 1.13. The van der Waals surface area contributed by atoms with Crippen molar-refractivity contribution in [3.05, 3.63) is 52.9 Å². The number of carboxylic acids is 1. The molecule has 0 aliphatic carbocycles. The van der Waals surface area contributed by atoms with Crippen LogP contribution in [0, 0.1) is 0 Å². The van der Waals surface area contributed by atoms with Gasteiger partial charge in [-0.1, -0.05) is 0 Å². The topological polar surface area (TPSA) is 114 Å². The zero-order chi connectivity index (χ0) is 18.2. The summed E-state index contributed by atoms with van der Waals surface area (Å²) in [5, 5.41) is 18.3. The number of hydrogen-bond acceptors (Lipinski definition) is 6. The quantitative estimate of drug-likeness (QED) is 0.705. The van der Waals surface area contributed by atoms with Crippen LogP contribution in [0.25, 0.3) is 11.1 Å². The van der Waals surface area contributed by atoms with E-state index in [1.165, 1.54) is 23.7 Å². The van der Waals surface area contributed by atoms with Gasteiger partial charge in [0.25, 0.3) is 0 Å². The van der Waals surface area contributed by atoms with Crippen LogP contribution in [0.2, 0.25) is 0 Å². The Balaban J connectivity index is 2.38. The van der Waals surface area contributed by atoms with Crippen molar-refractivity contribution in [1.82, 2.24) is 0 Å². The van der Waals surface area contributed by atoms with Gasteiger partial charge >= 0.3 is 5.97 Å². The summed E-state index contributed by atoms with van der Waals surface area (Å²) >= 11 is 1.39. The molecule has 25 heavy (non-hydrogen) atoms. The molecule has 0 aliphatic heterocycles. The molecule has 3 rings (SSSR count). The smallest absolute Gasteiger partial charge is 0.335 e. The Morgan fingerprint density at radius 2 is 2.08 bits per heavy atom. The highest BCUT2D eigenvalue weighted by atomic mass is 32.2. The van der Waals surface area contributed by atoms with Crippen LogP contribution in [0.4, 0.5) is 11.6 Å². The van der Waals surface area contributed by atoms with Crippen molar-refractivity contribution < 1.29 is 22.7 Å². The Morgan fingerprint density at radius 3 is 2.60 bits per heavy atom. The predicted molar refractivity (Wildman–Crippen MR) is 94.9 cm³/mol. The van der Waals surface area contributed by atoms with E-state index in [0.717, 1.165) is 6.07 Å². The van der Waals surface area contributed by atoms with Crippen LogP contribution in [0.3, 0.4) is 0 Å². The van der Waals surface area contributed by atoms with Gasteiger partial charge in [0.2, 0.25) is 10.0 Å². The highest BCUT2D eigenvalue weighted by Crippen LogP contribution is 2.40. The second-order valence-corrected chi connectivity index (χ2v) is 7.55. The van der Waals surface area contributed by atoms with E-state index in [1.54, 1.807) is 40.9 Å². The lowest BCUT2D eigenvalue weighted by Crippen LogP contribution is -2.18. The Bertz CT molecular complexity index is 1010. The van der Waals surface area contributed by atoms with Gasteiger partial charge in [-0.05, 0) is 40.6 Å². The van der Waals surface area contributed by atoms with E-state index in [9.17, 15) is 18.3 Å². The number of sulfonamides is 1. The molecule has 0 saturated heterocycles. The van der Waals surface area contributed by atoms with Gasteiger partial charge in [0, 0.05) is 18.7 Å². The summed E-state index contributed by atoms with van der Waals surface area (Å²) < 4.78 is 29.6. The van der Waals surface area contributed by atoms with Crippen molar-refractivity contribution in [3.63, 3.8) is 0 Å². The van der Waals surface area contributed by atoms with Gasteiger partial charge in [0.15, 0.2) is 5.88 Å². The molecule has 0 aliphatic rings. The highest BCUT2D eigenvalue weighted by Gasteiger charge is 2.25. The molecule has 1 aromatic carbocycles. The number of furan rings is 1. The predicted octanol–water partition coefficient (Wildman–Crippen LogP) is 3.12. The van der Waals surface area contributed by atoms with Gasteiger partial charge < -0.3 is 14.4 Å². The SMILES string of the molecule is CN(c1ccco1)c1cc(C(=O)O)cc(S(N)(=O)=O)c1-c1ccsc1. The van der Waals surface area contributed by atoms with Crippen molar-refractivity contribution in [2.24, 2.45) is 5.14 Å². The Kier molecular flexibility index (Phi) is 4.38. The Hall–Kier alpha value is -2.62. The summed E-state index contributed by atoms with van der Waals surface area (Å²) in [6.45, 7) is 0. The third-order valence-corrected chi connectivity index (χ3v) is 5.26. The zero-order valence-corrected chi connectivity index (χ0v) is 14.7. The van der Waals surface area contributed by atoms with Crippen molar-refractivity contribution in [2.45, 2.75) is 4.90 Å². The molecule has 0 spiro atoms. The molecular formula is C16H14N2O5S2. The number of benzene rings is 1. The number of thiophene rings is 1.